The minimum atomic E-state index is -2.71. The summed E-state index contributed by atoms with van der Waals surface area (Å²) < 4.78 is 33.5. The Labute approximate surface area is 112 Å². The zero-order valence-electron chi connectivity index (χ0n) is 11.8. The lowest BCUT2D eigenvalue weighted by atomic mass is 9.76. The second kappa shape index (κ2) is 4.58. The summed E-state index contributed by atoms with van der Waals surface area (Å²) in [5.74, 6) is -2.71. The molecule has 6 heteroatoms. The molecular formula is C13H22F2N2O2. The van der Waals surface area contributed by atoms with Gasteiger partial charge in [0.1, 0.15) is 5.60 Å². The first-order valence-corrected chi connectivity index (χ1v) is 6.72. The molecule has 2 aliphatic rings. The first kappa shape index (κ1) is 14.5. The van der Waals surface area contributed by atoms with Gasteiger partial charge in [0.15, 0.2) is 0 Å². The standard InChI is InChI=1S/C13H22F2N2O2/c1-11(2,3)19-10(18)17-7-5-13(14,15)12(9-17)4-6-16-8-12/h16H,4-9H2,1-3H3. The molecule has 1 N–H and O–H groups in total. The fourth-order valence-electron chi connectivity index (χ4n) is 2.77. The Balaban J connectivity index is 2.08. The molecule has 2 saturated heterocycles. The number of halogens is 2. The van der Waals surface area contributed by atoms with E-state index in [1.807, 2.05) is 0 Å². The number of carbonyl (C=O) groups is 1. The molecule has 1 unspecified atom stereocenters. The van der Waals surface area contributed by atoms with Crippen LogP contribution < -0.4 is 5.32 Å². The Kier molecular flexibility index (Phi) is 3.49. The molecule has 2 heterocycles. The number of carbonyl (C=O) groups excluding carboxylic acids is 1. The fraction of sp³-hybridized carbons (Fsp3) is 0.923. The predicted octanol–water partition coefficient (Wildman–Crippen LogP) is 2.24. The van der Waals surface area contributed by atoms with Crippen molar-refractivity contribution in [1.82, 2.24) is 10.2 Å². The first-order valence-electron chi connectivity index (χ1n) is 6.72. The lowest BCUT2D eigenvalue weighted by molar-refractivity contribution is -0.155. The molecule has 0 saturated carbocycles. The van der Waals surface area contributed by atoms with Crippen LogP contribution in [0.5, 0.6) is 0 Å². The third-order valence-electron chi connectivity index (χ3n) is 3.86. The molecule has 0 radical (unpaired) electrons. The van der Waals surface area contributed by atoms with Gasteiger partial charge in [-0.25, -0.2) is 13.6 Å². The van der Waals surface area contributed by atoms with Crippen molar-refractivity contribution >= 4 is 6.09 Å². The van der Waals surface area contributed by atoms with Crippen molar-refractivity contribution in [3.8, 4) is 0 Å². The Morgan fingerprint density at radius 2 is 2.00 bits per heavy atom. The minimum Gasteiger partial charge on any atom is -0.444 e. The highest BCUT2D eigenvalue weighted by molar-refractivity contribution is 5.68. The Hall–Kier alpha value is -0.910. The molecule has 19 heavy (non-hydrogen) atoms. The topological polar surface area (TPSA) is 41.6 Å². The van der Waals surface area contributed by atoms with Crippen molar-refractivity contribution in [2.45, 2.75) is 45.1 Å². The van der Waals surface area contributed by atoms with Gasteiger partial charge < -0.3 is 15.0 Å². The normalized spacial score (nSPS) is 30.7. The molecule has 0 aromatic heterocycles. The molecule has 4 nitrogen and oxygen atoms in total. The zero-order valence-corrected chi connectivity index (χ0v) is 11.8. The first-order chi connectivity index (χ1) is 8.65. The average Bonchev–Trinajstić information content (AvgIpc) is 2.70. The molecule has 0 aromatic rings. The summed E-state index contributed by atoms with van der Waals surface area (Å²) in [6, 6.07) is 0. The summed E-state index contributed by atoms with van der Waals surface area (Å²) in [5, 5.41) is 2.99. The molecule has 1 amide bonds. The number of amides is 1. The van der Waals surface area contributed by atoms with E-state index < -0.39 is 23.0 Å². The lowest BCUT2D eigenvalue weighted by Crippen LogP contribution is -2.58. The van der Waals surface area contributed by atoms with Crippen LogP contribution in [-0.4, -0.2) is 48.7 Å². The second-order valence-corrected chi connectivity index (χ2v) is 6.56. The molecule has 2 fully saturated rings. The highest BCUT2D eigenvalue weighted by atomic mass is 19.3. The van der Waals surface area contributed by atoms with Crippen LogP contribution in [0.1, 0.15) is 33.6 Å². The number of rotatable bonds is 0. The Morgan fingerprint density at radius 1 is 1.32 bits per heavy atom. The molecule has 2 aliphatic heterocycles. The number of likely N-dealkylation sites (tertiary alicyclic amines) is 1. The lowest BCUT2D eigenvalue weighted by Gasteiger charge is -2.45. The van der Waals surface area contributed by atoms with E-state index >= 15 is 0 Å². The van der Waals surface area contributed by atoms with Crippen molar-refractivity contribution < 1.29 is 18.3 Å². The van der Waals surface area contributed by atoms with Gasteiger partial charge >= 0.3 is 6.09 Å². The Bertz CT molecular complexity index is 360. The maximum Gasteiger partial charge on any atom is 0.410 e. The molecule has 0 aliphatic carbocycles. The fourth-order valence-corrected chi connectivity index (χ4v) is 2.77. The Morgan fingerprint density at radius 3 is 2.53 bits per heavy atom. The predicted molar refractivity (Wildman–Crippen MR) is 67.3 cm³/mol. The smallest absolute Gasteiger partial charge is 0.410 e. The van der Waals surface area contributed by atoms with Gasteiger partial charge in [-0.15, -0.1) is 0 Å². The van der Waals surface area contributed by atoms with E-state index in [2.05, 4.69) is 5.32 Å². The van der Waals surface area contributed by atoms with Gasteiger partial charge in [-0.1, -0.05) is 0 Å². The number of piperidine rings is 1. The van der Waals surface area contributed by atoms with Crippen LogP contribution in [0.2, 0.25) is 0 Å². The van der Waals surface area contributed by atoms with E-state index in [1.165, 1.54) is 4.90 Å². The molecule has 0 bridgehead atoms. The summed E-state index contributed by atoms with van der Waals surface area (Å²) in [5.41, 5.74) is -1.72. The second-order valence-electron chi connectivity index (χ2n) is 6.56. The van der Waals surface area contributed by atoms with E-state index in [9.17, 15) is 13.6 Å². The van der Waals surface area contributed by atoms with Gasteiger partial charge in [0.2, 0.25) is 0 Å². The van der Waals surface area contributed by atoms with Crippen molar-refractivity contribution in [1.29, 1.82) is 0 Å². The maximum absolute atomic E-state index is 14.1. The number of hydrogen-bond acceptors (Lipinski definition) is 3. The number of hydrogen-bond donors (Lipinski definition) is 1. The molecular weight excluding hydrogens is 254 g/mol. The minimum absolute atomic E-state index is 0.0592. The third-order valence-corrected chi connectivity index (χ3v) is 3.86. The third kappa shape index (κ3) is 2.83. The summed E-state index contributed by atoms with van der Waals surface area (Å²) in [6.07, 6.45) is -0.373. The number of ether oxygens (including phenoxy) is 1. The van der Waals surface area contributed by atoms with Crippen LogP contribution in [0, 0.1) is 5.41 Å². The molecule has 2 rings (SSSR count). The van der Waals surface area contributed by atoms with Crippen molar-refractivity contribution in [2.75, 3.05) is 26.2 Å². The maximum atomic E-state index is 14.1. The zero-order chi connectivity index (χ0) is 14.3. The van der Waals surface area contributed by atoms with Crippen LogP contribution in [0.25, 0.3) is 0 Å². The van der Waals surface area contributed by atoms with Crippen molar-refractivity contribution in [2.24, 2.45) is 5.41 Å². The van der Waals surface area contributed by atoms with Crippen LogP contribution in [0.4, 0.5) is 13.6 Å². The largest absolute Gasteiger partial charge is 0.444 e. The number of nitrogens with one attached hydrogen (secondary N) is 1. The van der Waals surface area contributed by atoms with Crippen LogP contribution in [0.15, 0.2) is 0 Å². The summed E-state index contributed by atoms with van der Waals surface area (Å²) in [4.78, 5) is 13.4. The summed E-state index contributed by atoms with van der Waals surface area (Å²) >= 11 is 0. The molecule has 1 spiro atoms. The van der Waals surface area contributed by atoms with Gasteiger partial charge in [0, 0.05) is 26.1 Å². The molecule has 110 valence electrons. The summed E-state index contributed by atoms with van der Waals surface area (Å²) in [7, 11) is 0. The SMILES string of the molecule is CC(C)(C)OC(=O)N1CCC(F)(F)C2(CCNC2)C1. The van der Waals surface area contributed by atoms with Crippen LogP contribution in [-0.2, 0) is 4.74 Å². The van der Waals surface area contributed by atoms with E-state index in [-0.39, 0.29) is 26.1 Å². The van der Waals surface area contributed by atoms with Crippen LogP contribution >= 0.6 is 0 Å². The highest BCUT2D eigenvalue weighted by Gasteiger charge is 2.58. The monoisotopic (exact) mass is 276 g/mol. The van der Waals surface area contributed by atoms with Gasteiger partial charge in [-0.3, -0.25) is 0 Å². The highest BCUT2D eigenvalue weighted by Crippen LogP contribution is 2.47. The number of alkyl halides is 2. The van der Waals surface area contributed by atoms with Gasteiger partial charge in [0.25, 0.3) is 5.92 Å². The summed E-state index contributed by atoms with van der Waals surface area (Å²) in [6.45, 7) is 6.30. The van der Waals surface area contributed by atoms with Gasteiger partial charge in [0.05, 0.1) is 5.41 Å². The average molecular weight is 276 g/mol. The number of nitrogens with zero attached hydrogens (tertiary/aromatic N) is 1. The van der Waals surface area contributed by atoms with Crippen molar-refractivity contribution in [3.05, 3.63) is 0 Å². The quantitative estimate of drug-likeness (QED) is 0.738. The molecule has 0 aromatic carbocycles. The van der Waals surface area contributed by atoms with E-state index in [0.29, 0.717) is 13.0 Å². The van der Waals surface area contributed by atoms with Crippen molar-refractivity contribution in [3.63, 3.8) is 0 Å². The van der Waals surface area contributed by atoms with Gasteiger partial charge in [-0.2, -0.15) is 0 Å². The van der Waals surface area contributed by atoms with E-state index in [0.717, 1.165) is 0 Å². The van der Waals surface area contributed by atoms with Gasteiger partial charge in [-0.05, 0) is 33.7 Å². The van der Waals surface area contributed by atoms with E-state index in [4.69, 9.17) is 4.74 Å². The molecule has 1 atom stereocenters. The van der Waals surface area contributed by atoms with Crippen LogP contribution in [0.3, 0.4) is 0 Å². The van der Waals surface area contributed by atoms with E-state index in [1.54, 1.807) is 20.8 Å².